The van der Waals surface area contributed by atoms with Gasteiger partial charge in [0.2, 0.25) is 5.91 Å². The Labute approximate surface area is 121 Å². The Bertz CT molecular complexity index is 419. The highest BCUT2D eigenvalue weighted by Gasteiger charge is 2.19. The Morgan fingerprint density at radius 3 is 2.65 bits per heavy atom. The largest absolute Gasteiger partial charge is 0.370 e. The van der Waals surface area contributed by atoms with Gasteiger partial charge in [0.25, 0.3) is 0 Å². The maximum absolute atomic E-state index is 12.2. The van der Waals surface area contributed by atoms with Crippen LogP contribution in [0.25, 0.3) is 0 Å². The molecule has 1 atom stereocenters. The van der Waals surface area contributed by atoms with Crippen LogP contribution in [0.1, 0.15) is 26.2 Å². The fourth-order valence-corrected chi connectivity index (χ4v) is 2.57. The predicted molar refractivity (Wildman–Crippen MR) is 82.7 cm³/mol. The Morgan fingerprint density at radius 1 is 1.20 bits per heavy atom. The number of carbonyl (C=O) groups is 1. The molecule has 1 unspecified atom stereocenters. The first kappa shape index (κ1) is 14.9. The second kappa shape index (κ2) is 7.29. The molecule has 0 saturated carbocycles. The maximum Gasteiger partial charge on any atom is 0.222 e. The van der Waals surface area contributed by atoms with Crippen molar-refractivity contribution in [3.63, 3.8) is 0 Å². The van der Waals surface area contributed by atoms with Gasteiger partial charge in [-0.15, -0.1) is 0 Å². The molecule has 0 aromatic heterocycles. The Morgan fingerprint density at radius 2 is 1.95 bits per heavy atom. The zero-order chi connectivity index (χ0) is 14.4. The van der Waals surface area contributed by atoms with Gasteiger partial charge in [0.1, 0.15) is 0 Å². The molecular weight excluding hydrogens is 250 g/mol. The van der Waals surface area contributed by atoms with Crippen LogP contribution in [0, 0.1) is 0 Å². The number of nitrogens with zero attached hydrogens (tertiary/aromatic N) is 2. The molecule has 4 nitrogen and oxygen atoms in total. The first-order valence-electron chi connectivity index (χ1n) is 7.50. The minimum atomic E-state index is 0.103. The number of para-hydroxylation sites is 1. The minimum absolute atomic E-state index is 0.103. The van der Waals surface area contributed by atoms with Gasteiger partial charge in [-0.25, -0.2) is 0 Å². The van der Waals surface area contributed by atoms with Crippen molar-refractivity contribution in [2.75, 3.05) is 31.1 Å². The summed E-state index contributed by atoms with van der Waals surface area (Å²) in [6.45, 7) is 5.55. The quantitative estimate of drug-likeness (QED) is 0.912. The summed E-state index contributed by atoms with van der Waals surface area (Å²) in [6.07, 6.45) is 2.37. The fraction of sp³-hybridized carbons (Fsp3) is 0.562. The summed E-state index contributed by atoms with van der Waals surface area (Å²) in [5.41, 5.74) is 6.97. The normalized spacial score (nSPS) is 17.7. The highest BCUT2D eigenvalue weighted by Crippen LogP contribution is 2.16. The van der Waals surface area contributed by atoms with Gasteiger partial charge < -0.3 is 15.5 Å². The minimum Gasteiger partial charge on any atom is -0.370 e. The molecule has 1 heterocycles. The molecular formula is C16H25N3O. The highest BCUT2D eigenvalue weighted by molar-refractivity contribution is 5.76. The van der Waals surface area contributed by atoms with Crippen LogP contribution in [0.2, 0.25) is 0 Å². The van der Waals surface area contributed by atoms with Crippen molar-refractivity contribution < 1.29 is 4.79 Å². The van der Waals surface area contributed by atoms with Crippen LogP contribution < -0.4 is 10.6 Å². The van der Waals surface area contributed by atoms with Crippen molar-refractivity contribution in [1.82, 2.24) is 4.90 Å². The van der Waals surface area contributed by atoms with E-state index in [0.29, 0.717) is 6.42 Å². The molecule has 0 aliphatic carbocycles. The zero-order valence-corrected chi connectivity index (χ0v) is 12.3. The second-order valence-corrected chi connectivity index (χ2v) is 5.57. The number of benzene rings is 1. The fourth-order valence-electron chi connectivity index (χ4n) is 2.57. The van der Waals surface area contributed by atoms with E-state index < -0.39 is 0 Å². The third kappa shape index (κ3) is 4.23. The molecule has 4 heteroatoms. The molecule has 0 bridgehead atoms. The molecule has 0 spiro atoms. The van der Waals surface area contributed by atoms with Crippen LogP contribution >= 0.6 is 0 Å². The second-order valence-electron chi connectivity index (χ2n) is 5.57. The van der Waals surface area contributed by atoms with Gasteiger partial charge in [-0.05, 0) is 31.9 Å². The lowest BCUT2D eigenvalue weighted by molar-refractivity contribution is -0.131. The molecule has 20 heavy (non-hydrogen) atoms. The summed E-state index contributed by atoms with van der Waals surface area (Å²) in [7, 11) is 0. The number of amides is 1. The van der Waals surface area contributed by atoms with Crippen LogP contribution in [0.15, 0.2) is 30.3 Å². The van der Waals surface area contributed by atoms with Crippen LogP contribution in [-0.4, -0.2) is 43.0 Å². The molecule has 1 aliphatic heterocycles. The van der Waals surface area contributed by atoms with E-state index in [4.69, 9.17) is 5.73 Å². The van der Waals surface area contributed by atoms with E-state index in [9.17, 15) is 4.79 Å². The molecule has 0 radical (unpaired) electrons. The Kier molecular flexibility index (Phi) is 5.41. The van der Waals surface area contributed by atoms with Crippen LogP contribution in [0.5, 0.6) is 0 Å². The van der Waals surface area contributed by atoms with E-state index in [1.807, 2.05) is 17.9 Å². The lowest BCUT2D eigenvalue weighted by Crippen LogP contribution is -2.35. The van der Waals surface area contributed by atoms with Crippen molar-refractivity contribution in [1.29, 1.82) is 0 Å². The van der Waals surface area contributed by atoms with Gasteiger partial charge >= 0.3 is 0 Å². The van der Waals surface area contributed by atoms with Gasteiger partial charge in [-0.1, -0.05) is 18.2 Å². The lowest BCUT2D eigenvalue weighted by Gasteiger charge is -2.24. The van der Waals surface area contributed by atoms with Crippen LogP contribution in [0.3, 0.4) is 0 Å². The summed E-state index contributed by atoms with van der Waals surface area (Å²) in [6, 6.07) is 10.5. The summed E-state index contributed by atoms with van der Waals surface area (Å²) in [5.74, 6) is 0.247. The molecule has 1 saturated heterocycles. The molecule has 110 valence electrons. The standard InChI is InChI=1S/C16H25N3O/c1-14(17)8-9-16(20)19-11-5-10-18(12-13-19)15-6-3-2-4-7-15/h2-4,6-7,14H,5,8-13,17H2,1H3. The zero-order valence-electron chi connectivity index (χ0n) is 12.3. The third-order valence-corrected chi connectivity index (χ3v) is 3.78. The van der Waals surface area contributed by atoms with E-state index in [0.717, 1.165) is 39.0 Å². The average Bonchev–Trinajstić information content (AvgIpc) is 2.71. The summed E-state index contributed by atoms with van der Waals surface area (Å²) in [4.78, 5) is 16.5. The average molecular weight is 275 g/mol. The number of hydrogen-bond acceptors (Lipinski definition) is 3. The highest BCUT2D eigenvalue weighted by atomic mass is 16.2. The van der Waals surface area contributed by atoms with E-state index in [1.165, 1.54) is 5.69 Å². The van der Waals surface area contributed by atoms with Crippen molar-refractivity contribution in [2.24, 2.45) is 5.73 Å². The Hall–Kier alpha value is -1.55. The van der Waals surface area contributed by atoms with Crippen molar-refractivity contribution in [3.8, 4) is 0 Å². The third-order valence-electron chi connectivity index (χ3n) is 3.78. The lowest BCUT2D eigenvalue weighted by atomic mass is 10.2. The van der Waals surface area contributed by atoms with E-state index >= 15 is 0 Å². The molecule has 2 N–H and O–H groups in total. The number of carbonyl (C=O) groups excluding carboxylic acids is 1. The monoisotopic (exact) mass is 275 g/mol. The molecule has 1 aromatic rings. The predicted octanol–water partition coefficient (Wildman–Crippen LogP) is 1.85. The number of anilines is 1. The molecule has 1 amide bonds. The molecule has 1 fully saturated rings. The first-order chi connectivity index (χ1) is 9.66. The number of rotatable bonds is 4. The van der Waals surface area contributed by atoms with Crippen LogP contribution in [-0.2, 0) is 4.79 Å². The van der Waals surface area contributed by atoms with Crippen molar-refractivity contribution in [2.45, 2.75) is 32.2 Å². The van der Waals surface area contributed by atoms with Gasteiger partial charge in [0, 0.05) is 44.3 Å². The van der Waals surface area contributed by atoms with Crippen molar-refractivity contribution >= 4 is 11.6 Å². The molecule has 2 rings (SSSR count). The van der Waals surface area contributed by atoms with Crippen molar-refractivity contribution in [3.05, 3.63) is 30.3 Å². The topological polar surface area (TPSA) is 49.6 Å². The number of nitrogens with two attached hydrogens (primary N) is 1. The maximum atomic E-state index is 12.2. The van der Waals surface area contributed by atoms with Gasteiger partial charge in [0.05, 0.1) is 0 Å². The summed E-state index contributed by atoms with van der Waals surface area (Å²) in [5, 5.41) is 0. The van der Waals surface area contributed by atoms with E-state index in [2.05, 4.69) is 29.2 Å². The summed E-state index contributed by atoms with van der Waals surface area (Å²) >= 11 is 0. The molecule has 1 aliphatic rings. The Balaban J connectivity index is 1.87. The van der Waals surface area contributed by atoms with E-state index in [-0.39, 0.29) is 11.9 Å². The SMILES string of the molecule is CC(N)CCC(=O)N1CCCN(c2ccccc2)CC1. The molecule has 1 aromatic carbocycles. The van der Waals surface area contributed by atoms with Crippen LogP contribution in [0.4, 0.5) is 5.69 Å². The first-order valence-corrected chi connectivity index (χ1v) is 7.50. The van der Waals surface area contributed by atoms with Gasteiger partial charge in [-0.2, -0.15) is 0 Å². The number of hydrogen-bond donors (Lipinski definition) is 1. The summed E-state index contributed by atoms with van der Waals surface area (Å²) < 4.78 is 0. The van der Waals surface area contributed by atoms with Gasteiger partial charge in [-0.3, -0.25) is 4.79 Å². The van der Waals surface area contributed by atoms with E-state index in [1.54, 1.807) is 0 Å². The van der Waals surface area contributed by atoms with Gasteiger partial charge in [0.15, 0.2) is 0 Å². The smallest absolute Gasteiger partial charge is 0.222 e.